The third-order valence-electron chi connectivity index (χ3n) is 7.40. The molecule has 0 spiro atoms. The second-order valence-corrected chi connectivity index (χ2v) is 11.0. The molecule has 3 aromatic carbocycles. The fourth-order valence-electron chi connectivity index (χ4n) is 4.97. The highest BCUT2D eigenvalue weighted by atomic mass is 35.5. The zero-order valence-electron chi connectivity index (χ0n) is 22.8. The zero-order chi connectivity index (χ0) is 28.1. The molecule has 2 N–H and O–H groups in total. The van der Waals surface area contributed by atoms with Gasteiger partial charge in [0.05, 0.1) is 22.8 Å². The van der Waals surface area contributed by atoms with Gasteiger partial charge in [0, 0.05) is 18.0 Å². The van der Waals surface area contributed by atoms with Crippen LogP contribution in [0, 0.1) is 0 Å². The monoisotopic (exact) mass is 558 g/mol. The van der Waals surface area contributed by atoms with Gasteiger partial charge in [-0.1, -0.05) is 48.0 Å². The molecule has 1 aromatic heterocycles. The topological polar surface area (TPSA) is 90.4 Å². The fraction of sp³-hybridized carbons (Fsp3) is 0.344. The quantitative estimate of drug-likeness (QED) is 0.206. The van der Waals surface area contributed by atoms with Crippen molar-refractivity contribution in [3.63, 3.8) is 0 Å². The first kappa shape index (κ1) is 27.9. The Morgan fingerprint density at radius 1 is 1.00 bits per heavy atom. The molecule has 2 fully saturated rings. The van der Waals surface area contributed by atoms with Crippen molar-refractivity contribution in [2.45, 2.75) is 44.6 Å². The third kappa shape index (κ3) is 7.09. The van der Waals surface area contributed by atoms with E-state index in [1.807, 2.05) is 42.2 Å². The van der Waals surface area contributed by atoms with Crippen LogP contribution in [0.15, 0.2) is 66.9 Å². The van der Waals surface area contributed by atoms with Crippen LogP contribution < -0.4 is 10.5 Å². The van der Waals surface area contributed by atoms with Crippen LogP contribution in [-0.4, -0.2) is 52.1 Å². The molecule has 0 bridgehead atoms. The first-order chi connectivity index (χ1) is 19.4. The van der Waals surface area contributed by atoms with E-state index >= 15 is 0 Å². The van der Waals surface area contributed by atoms with E-state index < -0.39 is 11.7 Å². The number of ether oxygens (including phenoxy) is 1. The SMILES string of the molecule is Clc1cc(CCCN2CCCC2)ccc1OC1CC1.Cn1ncc2cc(-c3ccc(C(=O)C(N)=O)cc3)ccc21. The predicted octanol–water partition coefficient (Wildman–Crippen LogP) is 5.82. The van der Waals surface area contributed by atoms with Gasteiger partial charge < -0.3 is 15.4 Å². The number of primary amides is 1. The van der Waals surface area contributed by atoms with Gasteiger partial charge in [-0.15, -0.1) is 0 Å². The summed E-state index contributed by atoms with van der Waals surface area (Å²) in [5.74, 6) is -0.767. The molecule has 8 heteroatoms. The van der Waals surface area contributed by atoms with E-state index in [2.05, 4.69) is 22.1 Å². The summed E-state index contributed by atoms with van der Waals surface area (Å²) < 4.78 is 7.57. The zero-order valence-corrected chi connectivity index (χ0v) is 23.6. The van der Waals surface area contributed by atoms with Crippen molar-refractivity contribution in [2.75, 3.05) is 19.6 Å². The molecule has 7 nitrogen and oxygen atoms in total. The second kappa shape index (κ2) is 12.7. The molecular weight excluding hydrogens is 524 g/mol. The number of carbonyl (C=O) groups is 2. The van der Waals surface area contributed by atoms with Crippen LogP contribution in [0.2, 0.25) is 5.02 Å². The molecule has 1 amide bonds. The molecule has 2 heterocycles. The van der Waals surface area contributed by atoms with Crippen molar-refractivity contribution in [3.05, 3.63) is 83.0 Å². The number of aryl methyl sites for hydroxylation is 2. The fourth-order valence-corrected chi connectivity index (χ4v) is 5.22. The van der Waals surface area contributed by atoms with Crippen LogP contribution in [0.4, 0.5) is 0 Å². The number of Topliss-reactive ketones (excluding diaryl/α,β-unsaturated/α-hetero) is 1. The van der Waals surface area contributed by atoms with E-state index in [1.54, 1.807) is 24.3 Å². The molecule has 1 aliphatic carbocycles. The van der Waals surface area contributed by atoms with E-state index in [0.717, 1.165) is 39.2 Å². The number of carbonyl (C=O) groups excluding carboxylic acids is 2. The Kier molecular flexibility index (Phi) is 8.82. The summed E-state index contributed by atoms with van der Waals surface area (Å²) in [7, 11) is 1.90. The Hall–Kier alpha value is -3.68. The minimum atomic E-state index is -0.945. The van der Waals surface area contributed by atoms with Gasteiger partial charge in [-0.25, -0.2) is 0 Å². The van der Waals surface area contributed by atoms with Crippen LogP contribution in [0.25, 0.3) is 22.0 Å². The summed E-state index contributed by atoms with van der Waals surface area (Å²) in [5.41, 5.74) is 9.65. The Balaban J connectivity index is 0.000000162. The normalized spacial score (nSPS) is 15.1. The number of ketones is 1. The van der Waals surface area contributed by atoms with Crippen LogP contribution in [0.1, 0.15) is 48.0 Å². The Bertz CT molecular complexity index is 1490. The number of halogens is 1. The summed E-state index contributed by atoms with van der Waals surface area (Å²) in [4.78, 5) is 24.9. The number of likely N-dealkylation sites (tertiary alicyclic amines) is 1. The lowest BCUT2D eigenvalue weighted by atomic mass is 10.0. The van der Waals surface area contributed by atoms with Gasteiger partial charge in [0.15, 0.2) is 0 Å². The van der Waals surface area contributed by atoms with Gasteiger partial charge in [-0.2, -0.15) is 5.10 Å². The first-order valence-electron chi connectivity index (χ1n) is 13.9. The van der Waals surface area contributed by atoms with E-state index in [4.69, 9.17) is 22.1 Å². The second-order valence-electron chi connectivity index (χ2n) is 10.5. The largest absolute Gasteiger partial charge is 0.489 e. The molecule has 6 rings (SSSR count). The molecular formula is C32H35ClN4O3. The van der Waals surface area contributed by atoms with Crippen LogP contribution in [0.5, 0.6) is 5.75 Å². The number of benzene rings is 3. The van der Waals surface area contributed by atoms with E-state index in [1.165, 1.54) is 57.3 Å². The lowest BCUT2D eigenvalue weighted by molar-refractivity contribution is -0.114. The van der Waals surface area contributed by atoms with E-state index in [0.29, 0.717) is 11.7 Å². The molecule has 0 atom stereocenters. The highest BCUT2D eigenvalue weighted by Gasteiger charge is 2.24. The minimum Gasteiger partial charge on any atom is -0.489 e. The standard InChI is InChI=1S/C16H22ClNO.C16H13N3O2/c17-15-12-13(4-3-11-18-9-1-2-10-18)5-8-16(15)19-14-6-7-14;1-19-14-7-6-12(8-13(14)9-18-19)10-2-4-11(5-3-10)15(20)16(17)21/h5,8,12,14H,1-4,6-7,9-11H2;2-9H,1H3,(H2,17,21). The van der Waals surface area contributed by atoms with Crippen LogP contribution >= 0.6 is 11.6 Å². The molecule has 0 unspecified atom stereocenters. The Labute approximate surface area is 239 Å². The lowest BCUT2D eigenvalue weighted by Crippen LogP contribution is -2.22. The van der Waals surface area contributed by atoms with E-state index in [9.17, 15) is 9.59 Å². The highest BCUT2D eigenvalue weighted by molar-refractivity contribution is 6.42. The van der Waals surface area contributed by atoms with Crippen LogP contribution in [-0.2, 0) is 18.3 Å². The molecule has 4 aromatic rings. The summed E-state index contributed by atoms with van der Waals surface area (Å²) in [6.07, 6.45) is 9.65. The number of amides is 1. The van der Waals surface area contributed by atoms with Crippen molar-refractivity contribution >= 4 is 34.2 Å². The Morgan fingerprint density at radius 2 is 1.73 bits per heavy atom. The molecule has 0 radical (unpaired) electrons. The summed E-state index contributed by atoms with van der Waals surface area (Å²) in [5, 5.41) is 6.03. The van der Waals surface area contributed by atoms with Gasteiger partial charge in [0.25, 0.3) is 5.91 Å². The molecule has 40 heavy (non-hydrogen) atoms. The van der Waals surface area contributed by atoms with Crippen molar-refractivity contribution in [3.8, 4) is 16.9 Å². The van der Waals surface area contributed by atoms with Crippen LogP contribution in [0.3, 0.4) is 0 Å². The maximum atomic E-state index is 11.5. The molecule has 1 saturated heterocycles. The summed E-state index contributed by atoms with van der Waals surface area (Å²) in [6, 6.07) is 19.1. The maximum absolute atomic E-state index is 11.5. The number of nitrogens with zero attached hydrogens (tertiary/aromatic N) is 3. The minimum absolute atomic E-state index is 0.300. The van der Waals surface area contributed by atoms with Crippen molar-refractivity contribution in [1.82, 2.24) is 14.7 Å². The number of aromatic nitrogens is 2. The van der Waals surface area contributed by atoms with Crippen molar-refractivity contribution < 1.29 is 14.3 Å². The van der Waals surface area contributed by atoms with Gasteiger partial charge in [-0.05, 0) is 99.1 Å². The van der Waals surface area contributed by atoms with Gasteiger partial charge in [-0.3, -0.25) is 14.3 Å². The first-order valence-corrected chi connectivity index (χ1v) is 14.3. The smallest absolute Gasteiger partial charge is 0.289 e. The number of hydrogen-bond acceptors (Lipinski definition) is 5. The van der Waals surface area contributed by atoms with Gasteiger partial charge in [0.2, 0.25) is 5.78 Å². The Morgan fingerprint density at radius 3 is 2.40 bits per heavy atom. The lowest BCUT2D eigenvalue weighted by Gasteiger charge is -2.14. The molecule has 1 aliphatic heterocycles. The molecule has 2 aliphatic rings. The average molecular weight is 559 g/mol. The third-order valence-corrected chi connectivity index (χ3v) is 7.70. The number of nitrogens with two attached hydrogens (primary N) is 1. The predicted molar refractivity (Wildman–Crippen MR) is 159 cm³/mol. The molecule has 1 saturated carbocycles. The average Bonchev–Trinajstić information content (AvgIpc) is 3.48. The summed E-state index contributed by atoms with van der Waals surface area (Å²) >= 11 is 6.27. The maximum Gasteiger partial charge on any atom is 0.289 e. The highest BCUT2D eigenvalue weighted by Crippen LogP contribution is 2.32. The number of rotatable bonds is 9. The van der Waals surface area contributed by atoms with Crippen molar-refractivity contribution in [2.24, 2.45) is 12.8 Å². The molecule has 208 valence electrons. The number of hydrogen-bond donors (Lipinski definition) is 1. The van der Waals surface area contributed by atoms with E-state index in [-0.39, 0.29) is 0 Å². The summed E-state index contributed by atoms with van der Waals surface area (Å²) in [6.45, 7) is 3.79. The van der Waals surface area contributed by atoms with Crippen molar-refractivity contribution in [1.29, 1.82) is 0 Å². The number of fused-ring (bicyclic) bond motifs is 1. The van der Waals surface area contributed by atoms with Gasteiger partial charge in [0.1, 0.15) is 5.75 Å². The van der Waals surface area contributed by atoms with Gasteiger partial charge >= 0.3 is 0 Å².